The highest BCUT2D eigenvalue weighted by Gasteiger charge is 2.39. The zero-order valence-electron chi connectivity index (χ0n) is 12.2. The van der Waals surface area contributed by atoms with Gasteiger partial charge in [-0.25, -0.2) is 0 Å². The number of carbonyl (C=O) groups is 1. The zero-order valence-corrected chi connectivity index (χ0v) is 12.2. The van der Waals surface area contributed by atoms with Crippen molar-refractivity contribution in [3.8, 4) is 11.4 Å². The van der Waals surface area contributed by atoms with E-state index in [2.05, 4.69) is 20.0 Å². The molecular formula is C15H14F3N3O2. The van der Waals surface area contributed by atoms with Crippen LogP contribution in [0.1, 0.15) is 24.8 Å². The lowest BCUT2D eigenvalue weighted by molar-refractivity contribution is -0.159. The number of amides is 1. The lowest BCUT2D eigenvalue weighted by Gasteiger charge is -2.05. The van der Waals surface area contributed by atoms with E-state index in [0.29, 0.717) is 18.0 Å². The Morgan fingerprint density at radius 3 is 2.52 bits per heavy atom. The molecule has 1 fully saturated rings. The van der Waals surface area contributed by atoms with Gasteiger partial charge in [0.25, 0.3) is 0 Å². The largest absolute Gasteiger partial charge is 0.471 e. The number of carbonyl (C=O) groups excluding carboxylic acids is 1. The van der Waals surface area contributed by atoms with E-state index in [1.54, 1.807) is 24.3 Å². The lowest BCUT2D eigenvalue weighted by atomic mass is 10.1. The summed E-state index contributed by atoms with van der Waals surface area (Å²) in [7, 11) is 0. The second-order valence-corrected chi connectivity index (χ2v) is 5.66. The Bertz CT molecular complexity index is 710. The monoisotopic (exact) mass is 325 g/mol. The molecule has 2 atom stereocenters. The highest BCUT2D eigenvalue weighted by atomic mass is 19.4. The van der Waals surface area contributed by atoms with Gasteiger partial charge in [0.15, 0.2) is 0 Å². The Hall–Kier alpha value is -2.38. The lowest BCUT2D eigenvalue weighted by Crippen LogP contribution is -2.24. The van der Waals surface area contributed by atoms with Crippen LogP contribution in [0.25, 0.3) is 11.4 Å². The third-order valence-electron chi connectivity index (χ3n) is 3.79. The van der Waals surface area contributed by atoms with E-state index < -0.39 is 12.1 Å². The first kappa shape index (κ1) is 15.5. The van der Waals surface area contributed by atoms with Crippen molar-refractivity contribution in [2.24, 2.45) is 11.8 Å². The van der Waals surface area contributed by atoms with Crippen LogP contribution in [0.2, 0.25) is 0 Å². The average molecular weight is 325 g/mol. The van der Waals surface area contributed by atoms with Crippen LogP contribution >= 0.6 is 0 Å². The van der Waals surface area contributed by atoms with Gasteiger partial charge < -0.3 is 9.84 Å². The van der Waals surface area contributed by atoms with Crippen molar-refractivity contribution in [1.29, 1.82) is 0 Å². The van der Waals surface area contributed by atoms with Gasteiger partial charge >= 0.3 is 12.1 Å². The molecule has 3 rings (SSSR count). The maximum Gasteiger partial charge on any atom is 0.471 e. The zero-order chi connectivity index (χ0) is 16.6. The molecule has 1 aliphatic rings. The van der Waals surface area contributed by atoms with Gasteiger partial charge in [-0.1, -0.05) is 36.3 Å². The number of halogens is 3. The minimum atomic E-state index is -4.66. The molecule has 8 heteroatoms. The first-order valence-corrected chi connectivity index (χ1v) is 7.12. The summed E-state index contributed by atoms with van der Waals surface area (Å²) >= 11 is 0. The van der Waals surface area contributed by atoms with Crippen molar-refractivity contribution < 1.29 is 22.5 Å². The van der Waals surface area contributed by atoms with Crippen molar-refractivity contribution >= 4 is 5.91 Å². The normalized spacial score (nSPS) is 20.3. The Kier molecular flexibility index (Phi) is 3.83. The fraction of sp³-hybridized carbons (Fsp3) is 0.400. The van der Waals surface area contributed by atoms with E-state index in [1.807, 2.05) is 6.92 Å². The van der Waals surface area contributed by atoms with E-state index in [-0.39, 0.29) is 17.6 Å². The van der Waals surface area contributed by atoms with Crippen molar-refractivity contribution in [1.82, 2.24) is 15.5 Å². The first-order valence-electron chi connectivity index (χ1n) is 7.12. The molecule has 2 aromatic rings. The van der Waals surface area contributed by atoms with Crippen LogP contribution < -0.4 is 5.32 Å². The van der Waals surface area contributed by atoms with Crippen LogP contribution in [0.15, 0.2) is 28.8 Å². The second-order valence-electron chi connectivity index (χ2n) is 5.66. The third kappa shape index (κ3) is 3.52. The number of alkyl halides is 3. The Morgan fingerprint density at radius 2 is 2.00 bits per heavy atom. The molecule has 1 aromatic heterocycles. The molecule has 0 saturated heterocycles. The van der Waals surface area contributed by atoms with Crippen LogP contribution in [-0.2, 0) is 17.5 Å². The Balaban J connectivity index is 1.62. The summed E-state index contributed by atoms with van der Waals surface area (Å²) in [4.78, 5) is 15.0. The van der Waals surface area contributed by atoms with Crippen LogP contribution in [0.4, 0.5) is 13.2 Å². The number of nitrogens with one attached hydrogen (secondary N) is 1. The molecule has 0 aliphatic heterocycles. The maximum absolute atomic E-state index is 12.4. The molecule has 0 spiro atoms. The topological polar surface area (TPSA) is 68.0 Å². The van der Waals surface area contributed by atoms with Gasteiger partial charge in [-0.2, -0.15) is 18.2 Å². The van der Waals surface area contributed by atoms with Crippen LogP contribution in [0.5, 0.6) is 0 Å². The minimum absolute atomic E-state index is 0.0366. The van der Waals surface area contributed by atoms with Gasteiger partial charge in [0.05, 0.1) is 0 Å². The second kappa shape index (κ2) is 5.68. The van der Waals surface area contributed by atoms with Gasteiger partial charge in [0.1, 0.15) is 0 Å². The van der Waals surface area contributed by atoms with E-state index in [4.69, 9.17) is 0 Å². The first-order chi connectivity index (χ1) is 10.8. The summed E-state index contributed by atoms with van der Waals surface area (Å²) in [5.74, 6) is -0.912. The molecule has 1 saturated carbocycles. The molecule has 2 unspecified atom stereocenters. The van der Waals surface area contributed by atoms with Crippen LogP contribution in [0.3, 0.4) is 0 Å². The SMILES string of the molecule is CC1CC1C(=O)NCc1ccc(-c2noc(C(F)(F)F)n2)cc1. The summed E-state index contributed by atoms with van der Waals surface area (Å²) in [5.41, 5.74) is 1.25. The molecule has 1 N–H and O–H groups in total. The van der Waals surface area contributed by atoms with Gasteiger partial charge in [0.2, 0.25) is 11.7 Å². The number of hydrogen-bond donors (Lipinski definition) is 1. The summed E-state index contributed by atoms with van der Waals surface area (Å²) in [5, 5.41) is 6.16. The van der Waals surface area contributed by atoms with E-state index in [0.717, 1.165) is 12.0 Å². The maximum atomic E-state index is 12.4. The molecule has 23 heavy (non-hydrogen) atoms. The van der Waals surface area contributed by atoms with Crippen molar-refractivity contribution in [3.63, 3.8) is 0 Å². The van der Waals surface area contributed by atoms with Crippen molar-refractivity contribution in [2.75, 3.05) is 0 Å². The molecule has 0 radical (unpaired) electrons. The van der Waals surface area contributed by atoms with E-state index >= 15 is 0 Å². The predicted octanol–water partition coefficient (Wildman–Crippen LogP) is 3.03. The molecular weight excluding hydrogens is 311 g/mol. The van der Waals surface area contributed by atoms with E-state index in [9.17, 15) is 18.0 Å². The van der Waals surface area contributed by atoms with Crippen molar-refractivity contribution in [2.45, 2.75) is 26.1 Å². The summed E-state index contributed by atoms with van der Waals surface area (Å²) in [6.45, 7) is 2.40. The molecule has 0 bridgehead atoms. The fourth-order valence-electron chi connectivity index (χ4n) is 2.24. The van der Waals surface area contributed by atoms with Gasteiger partial charge in [0, 0.05) is 18.0 Å². The van der Waals surface area contributed by atoms with E-state index in [1.165, 1.54) is 0 Å². The Morgan fingerprint density at radius 1 is 1.35 bits per heavy atom. The molecule has 1 amide bonds. The molecule has 122 valence electrons. The summed E-state index contributed by atoms with van der Waals surface area (Å²) in [6.07, 6.45) is -3.74. The van der Waals surface area contributed by atoms with Gasteiger partial charge in [-0.05, 0) is 17.9 Å². The standard InChI is InChI=1S/C15H14F3N3O2/c1-8-6-11(8)13(22)19-7-9-2-4-10(5-3-9)12-20-14(23-21-12)15(16,17)18/h2-5,8,11H,6-7H2,1H3,(H,19,22). The van der Waals surface area contributed by atoms with Crippen molar-refractivity contribution in [3.05, 3.63) is 35.7 Å². The number of hydrogen-bond acceptors (Lipinski definition) is 4. The van der Waals surface area contributed by atoms with Crippen LogP contribution in [0, 0.1) is 11.8 Å². The molecule has 5 nitrogen and oxygen atoms in total. The number of nitrogens with zero attached hydrogens (tertiary/aromatic N) is 2. The number of benzene rings is 1. The molecule has 1 heterocycles. The van der Waals surface area contributed by atoms with Gasteiger partial charge in [-0.15, -0.1) is 0 Å². The highest BCUT2D eigenvalue weighted by Crippen LogP contribution is 2.37. The predicted molar refractivity (Wildman–Crippen MR) is 73.9 cm³/mol. The smallest absolute Gasteiger partial charge is 0.352 e. The number of aromatic nitrogens is 2. The highest BCUT2D eigenvalue weighted by molar-refractivity contribution is 5.81. The van der Waals surface area contributed by atoms with Gasteiger partial charge in [-0.3, -0.25) is 4.79 Å². The fourth-order valence-corrected chi connectivity index (χ4v) is 2.24. The third-order valence-corrected chi connectivity index (χ3v) is 3.79. The minimum Gasteiger partial charge on any atom is -0.352 e. The molecule has 1 aliphatic carbocycles. The summed E-state index contributed by atoms with van der Waals surface area (Å²) < 4.78 is 41.4. The number of rotatable bonds is 4. The average Bonchev–Trinajstić information content (AvgIpc) is 3.02. The summed E-state index contributed by atoms with van der Waals surface area (Å²) in [6, 6.07) is 6.59. The quantitative estimate of drug-likeness (QED) is 0.938. The Labute approximate surface area is 129 Å². The molecule has 1 aromatic carbocycles. The van der Waals surface area contributed by atoms with Crippen LogP contribution in [-0.4, -0.2) is 16.0 Å².